The largest absolute Gasteiger partial charge is 0.490 e. The summed E-state index contributed by atoms with van der Waals surface area (Å²) in [7, 11) is 0. The number of likely N-dealkylation sites (tertiary alicyclic amines) is 1. The van der Waals surface area contributed by atoms with Crippen LogP contribution in [0.25, 0.3) is 22.1 Å². The van der Waals surface area contributed by atoms with Crippen LogP contribution in [-0.2, 0) is 30.9 Å². The van der Waals surface area contributed by atoms with Gasteiger partial charge in [-0.15, -0.1) is 0 Å². The maximum absolute atomic E-state index is 14.1. The van der Waals surface area contributed by atoms with Gasteiger partial charge in [-0.05, 0) is 89.8 Å². The Morgan fingerprint density at radius 1 is 0.667 bits per heavy atom. The fraction of sp³-hybridized carbons (Fsp3) is 0.469. The van der Waals surface area contributed by atoms with E-state index in [0.29, 0.717) is 88.1 Å². The molecule has 3 aliphatic heterocycles. The first-order valence-corrected chi connectivity index (χ1v) is 24.1. The maximum Gasteiger partial charge on any atom is 0.276 e. The third-order valence-corrected chi connectivity index (χ3v) is 13.6. The van der Waals surface area contributed by atoms with Crippen LogP contribution in [0.1, 0.15) is 112 Å². The highest BCUT2D eigenvalue weighted by atomic mass is 16.5. The highest BCUT2D eigenvalue weighted by Gasteiger charge is 2.38. The number of carbonyl (C=O) groups is 4. The van der Waals surface area contributed by atoms with Crippen molar-refractivity contribution in [1.29, 1.82) is 0 Å². The third kappa shape index (κ3) is 9.29. The molecule has 10 rings (SSSR count). The van der Waals surface area contributed by atoms with E-state index in [2.05, 4.69) is 31.0 Å². The number of allylic oxidation sites excluding steroid dienone is 2. The first-order valence-electron chi connectivity index (χ1n) is 24.1. The molecular weight excluding hydrogens is 883 g/mol. The minimum Gasteiger partial charge on any atom is -0.490 e. The summed E-state index contributed by atoms with van der Waals surface area (Å²) in [5.74, 6) is -0.478. The van der Waals surface area contributed by atoms with Crippen LogP contribution in [0.15, 0.2) is 48.6 Å². The Balaban J connectivity index is 1.10. The van der Waals surface area contributed by atoms with E-state index in [4.69, 9.17) is 29.9 Å². The molecule has 3 unspecified atom stereocenters. The molecule has 20 heteroatoms. The lowest BCUT2D eigenvalue weighted by Gasteiger charge is -2.37. The molecule has 2 aromatic carbocycles. The summed E-state index contributed by atoms with van der Waals surface area (Å²) in [6.07, 6.45) is 10.9. The summed E-state index contributed by atoms with van der Waals surface area (Å²) >= 11 is 0. The lowest BCUT2D eigenvalue weighted by Crippen LogP contribution is -2.52. The van der Waals surface area contributed by atoms with Crippen molar-refractivity contribution in [3.05, 3.63) is 82.5 Å². The van der Waals surface area contributed by atoms with Crippen LogP contribution in [0.4, 0.5) is 11.9 Å². The van der Waals surface area contributed by atoms with E-state index in [1.165, 1.54) is 0 Å². The number of hydrogen-bond acceptors (Lipinski definition) is 12. The van der Waals surface area contributed by atoms with Crippen LogP contribution in [0.2, 0.25) is 0 Å². The first-order chi connectivity index (χ1) is 33.4. The van der Waals surface area contributed by atoms with Crippen molar-refractivity contribution >= 4 is 57.6 Å². The number of hydrogen-bond donors (Lipinski definition) is 4. The van der Waals surface area contributed by atoms with E-state index in [1.54, 1.807) is 45.8 Å². The van der Waals surface area contributed by atoms with Gasteiger partial charge in [0.05, 0.1) is 40.7 Å². The number of anilines is 2. The number of amides is 4. The second-order valence-corrected chi connectivity index (χ2v) is 18.5. The summed E-state index contributed by atoms with van der Waals surface area (Å²) in [5, 5.41) is 18.3. The van der Waals surface area contributed by atoms with Crippen molar-refractivity contribution in [3.8, 4) is 11.5 Å². The Hall–Kier alpha value is -7.06. The molecule has 3 atom stereocenters. The minimum absolute atomic E-state index is 0.0515. The molecule has 20 nitrogen and oxygen atoms in total. The van der Waals surface area contributed by atoms with E-state index in [1.807, 2.05) is 49.0 Å². The number of nitrogens with two attached hydrogens (primary N) is 1. The van der Waals surface area contributed by atoms with Gasteiger partial charge in [-0.25, -0.2) is 9.97 Å². The summed E-state index contributed by atoms with van der Waals surface area (Å²) in [6.45, 7) is 10.4. The van der Waals surface area contributed by atoms with Gasteiger partial charge in [0.15, 0.2) is 0 Å². The zero-order valence-corrected chi connectivity index (χ0v) is 39.5. The molecule has 2 bridgehead atoms. The molecule has 7 heterocycles. The summed E-state index contributed by atoms with van der Waals surface area (Å²) in [4.78, 5) is 67.2. The van der Waals surface area contributed by atoms with Gasteiger partial charge in [-0.3, -0.25) is 44.1 Å². The van der Waals surface area contributed by atoms with Gasteiger partial charge in [0.25, 0.3) is 17.7 Å². The van der Waals surface area contributed by atoms with E-state index in [-0.39, 0.29) is 74.0 Å². The molecule has 0 radical (unpaired) electrons. The third-order valence-electron chi connectivity index (χ3n) is 13.6. The number of nitrogens with zero attached hydrogens (tertiary/aromatic N) is 9. The van der Waals surface area contributed by atoms with Gasteiger partial charge in [0, 0.05) is 56.4 Å². The smallest absolute Gasteiger partial charge is 0.276 e. The SMILES string of the molecule is CCn1nc(C)cc1C(=O)Nc1nc2cc(C(N)=O)cc3c2n1C/C=C/Cn1c(NC(=O)c2cc(C)nn2CC)nc2cc(C(=O)NC4CCCCC4)cc(c21)OCC(N1CC2CCC(C1)O2)CO3. The van der Waals surface area contributed by atoms with Gasteiger partial charge < -0.3 is 34.4 Å². The molecular formula is C49H59N13O7. The van der Waals surface area contributed by atoms with Crippen molar-refractivity contribution in [2.75, 3.05) is 36.9 Å². The zero-order valence-electron chi connectivity index (χ0n) is 39.5. The molecule has 5 N–H and O–H groups in total. The Morgan fingerprint density at radius 3 is 1.68 bits per heavy atom. The number of fused-ring (bicyclic) bond motifs is 2. The zero-order chi connectivity index (χ0) is 47.9. The fourth-order valence-corrected chi connectivity index (χ4v) is 10.2. The molecule has 362 valence electrons. The summed E-state index contributed by atoms with van der Waals surface area (Å²) in [6, 6.07) is 9.89. The predicted octanol–water partition coefficient (Wildman–Crippen LogP) is 5.36. The normalized spacial score (nSPS) is 20.4. The van der Waals surface area contributed by atoms with E-state index in [0.717, 1.165) is 44.9 Å². The summed E-state index contributed by atoms with van der Waals surface area (Å²) < 4.78 is 27.0. The van der Waals surface area contributed by atoms with E-state index >= 15 is 0 Å². The topological polar surface area (TPSA) is 233 Å². The average molecular weight is 942 g/mol. The van der Waals surface area contributed by atoms with Crippen molar-refractivity contribution in [2.24, 2.45) is 5.73 Å². The molecule has 1 saturated carbocycles. The number of aryl methyl sites for hydroxylation is 4. The number of benzene rings is 2. The van der Waals surface area contributed by atoms with Crippen molar-refractivity contribution in [1.82, 2.24) is 48.9 Å². The van der Waals surface area contributed by atoms with Crippen LogP contribution in [-0.4, -0.2) is 118 Å². The maximum atomic E-state index is 14.1. The first kappa shape index (κ1) is 45.7. The molecule has 4 aliphatic rings. The standard InChI is InChI=1S/C49H59N13O7/c1-5-61-38(18-28(3)56-61)46(65)54-48-52-36-20-30(44(50)63)22-40-42(36)59(48)16-10-11-17-60-43-37(53-49(60)55-47(66)39-19-29(4)57-62(39)6-2)21-31(45(64)51-32-12-8-7-9-13-32)23-41(43)68-27-33(26-67-40)58-24-34-14-15-35(25-58)69-34/h10-11,18-23,32-35H,5-9,12-17,24-27H2,1-4H3,(H2,50,63)(H,51,64)(H,52,54,65)(H,53,55,66)/b11-10+. The molecule has 3 fully saturated rings. The lowest BCUT2D eigenvalue weighted by molar-refractivity contribution is -0.0639. The number of ether oxygens (including phenoxy) is 3. The van der Waals surface area contributed by atoms with Gasteiger partial charge >= 0.3 is 0 Å². The molecule has 1 aliphatic carbocycles. The van der Waals surface area contributed by atoms with Gasteiger partial charge in [-0.1, -0.05) is 31.4 Å². The molecule has 0 spiro atoms. The van der Waals surface area contributed by atoms with Crippen LogP contribution in [0.5, 0.6) is 11.5 Å². The molecule has 6 aromatic rings. The van der Waals surface area contributed by atoms with Crippen molar-refractivity contribution < 1.29 is 33.4 Å². The number of imidazole rings is 2. The van der Waals surface area contributed by atoms with E-state index in [9.17, 15) is 19.2 Å². The van der Waals surface area contributed by atoms with Crippen molar-refractivity contribution in [2.45, 2.75) is 123 Å². The van der Waals surface area contributed by atoms with E-state index < -0.39 is 17.7 Å². The fourth-order valence-electron chi connectivity index (χ4n) is 10.2. The molecule has 4 amide bonds. The quantitative estimate of drug-likeness (QED) is 0.127. The highest BCUT2D eigenvalue weighted by molar-refractivity contribution is 6.05. The molecule has 69 heavy (non-hydrogen) atoms. The van der Waals surface area contributed by atoms with Gasteiger partial charge in [0.2, 0.25) is 17.8 Å². The Bertz CT molecular complexity index is 2980. The van der Waals surface area contributed by atoms with Crippen LogP contribution in [0, 0.1) is 13.8 Å². The second kappa shape index (κ2) is 19.1. The monoisotopic (exact) mass is 941 g/mol. The number of primary amides is 1. The van der Waals surface area contributed by atoms with Crippen LogP contribution in [0.3, 0.4) is 0 Å². The number of carbonyl (C=O) groups excluding carboxylic acids is 4. The van der Waals surface area contributed by atoms with Gasteiger partial charge in [-0.2, -0.15) is 10.2 Å². The Morgan fingerprint density at radius 2 is 1.17 bits per heavy atom. The predicted molar refractivity (Wildman–Crippen MR) is 257 cm³/mol. The van der Waals surface area contributed by atoms with Crippen molar-refractivity contribution in [3.63, 3.8) is 0 Å². The Labute approximate surface area is 398 Å². The highest BCUT2D eigenvalue weighted by Crippen LogP contribution is 2.36. The second-order valence-electron chi connectivity index (χ2n) is 18.5. The average Bonchev–Trinajstić information content (AvgIpc) is 4.16. The number of morpholine rings is 1. The number of nitrogens with one attached hydrogen (secondary N) is 3. The minimum atomic E-state index is -0.663. The lowest BCUT2D eigenvalue weighted by atomic mass is 9.95. The molecule has 4 aromatic heterocycles. The summed E-state index contributed by atoms with van der Waals surface area (Å²) in [5.41, 5.74) is 10.6. The van der Waals surface area contributed by atoms with Crippen LogP contribution >= 0.6 is 0 Å². The molecule has 2 saturated heterocycles. The van der Waals surface area contributed by atoms with Gasteiger partial charge in [0.1, 0.15) is 47.1 Å². The number of rotatable bonds is 10. The number of aromatic nitrogens is 8. The van der Waals surface area contributed by atoms with Crippen LogP contribution < -0.4 is 31.2 Å². The Kier molecular flexibility index (Phi) is 12.7.